The number of hydrogen-bond acceptors (Lipinski definition) is 3. The van der Waals surface area contributed by atoms with E-state index in [1.54, 1.807) is 25.3 Å². The maximum absolute atomic E-state index is 12.8. The van der Waals surface area contributed by atoms with E-state index in [4.69, 9.17) is 5.11 Å². The minimum atomic E-state index is -0.489. The zero-order valence-corrected chi connectivity index (χ0v) is 58.1. The van der Waals surface area contributed by atoms with Crippen LogP contribution in [0.4, 0.5) is 8.78 Å². The molecule has 5 heteroatoms. The predicted molar refractivity (Wildman–Crippen MR) is 356 cm³/mol. The molecule has 1 aromatic rings. The first-order valence-electron chi connectivity index (χ1n) is 36.0. The van der Waals surface area contributed by atoms with E-state index in [-0.39, 0.29) is 29.5 Å². The molecule has 9 saturated carbocycles. The average Bonchev–Trinajstić information content (AvgIpc) is 4.11. The third-order valence-corrected chi connectivity index (χ3v) is 22.3. The fourth-order valence-corrected chi connectivity index (χ4v) is 14.6. The Balaban J connectivity index is 0.000000316. The molecule has 6 atom stereocenters. The molecule has 1 aromatic carbocycles. The zero-order chi connectivity index (χ0) is 61.7. The number of hydrogen-bond donors (Lipinski definition) is 3. The molecule has 0 bridgehead atoms. The van der Waals surface area contributed by atoms with Crippen molar-refractivity contribution in [3.8, 4) is 0 Å². The van der Waals surface area contributed by atoms with E-state index in [9.17, 15) is 19.0 Å². The van der Waals surface area contributed by atoms with E-state index >= 15 is 0 Å². The molecular formula is C77H144F2O3. The van der Waals surface area contributed by atoms with Crippen LogP contribution in [0.15, 0.2) is 24.3 Å². The van der Waals surface area contributed by atoms with Crippen molar-refractivity contribution in [3.05, 3.63) is 35.6 Å². The van der Waals surface area contributed by atoms with E-state index in [2.05, 4.69) is 111 Å². The Morgan fingerprint density at radius 1 is 0.366 bits per heavy atom. The van der Waals surface area contributed by atoms with Crippen molar-refractivity contribution in [2.45, 2.75) is 348 Å². The smallest absolute Gasteiger partial charge is 0.126 e. The van der Waals surface area contributed by atoms with Gasteiger partial charge in [-0.15, -0.1) is 0 Å². The first-order valence-corrected chi connectivity index (χ1v) is 36.0. The number of aliphatic hydroxyl groups is 3. The Hall–Kier alpha value is -1.04. The molecule has 82 heavy (non-hydrogen) atoms. The molecule has 0 aliphatic heterocycles. The summed E-state index contributed by atoms with van der Waals surface area (Å²) in [6.45, 7) is 42.7. The van der Waals surface area contributed by atoms with E-state index < -0.39 is 6.17 Å². The molecule has 0 saturated heterocycles. The topological polar surface area (TPSA) is 60.7 Å². The van der Waals surface area contributed by atoms with Crippen molar-refractivity contribution in [2.75, 3.05) is 0 Å². The molecule has 9 fully saturated rings. The van der Waals surface area contributed by atoms with Crippen LogP contribution < -0.4 is 0 Å². The molecule has 0 aromatic heterocycles. The highest BCUT2D eigenvalue weighted by Crippen LogP contribution is 2.56. The predicted octanol–water partition coefficient (Wildman–Crippen LogP) is 23.5. The van der Waals surface area contributed by atoms with Crippen molar-refractivity contribution < 1.29 is 24.1 Å². The van der Waals surface area contributed by atoms with Gasteiger partial charge in [0, 0.05) is 0 Å². The van der Waals surface area contributed by atoms with Crippen LogP contribution in [-0.2, 0) is 0 Å². The highest BCUT2D eigenvalue weighted by atomic mass is 19.1. The molecule has 484 valence electrons. The summed E-state index contributed by atoms with van der Waals surface area (Å²) < 4.78 is 25.4. The lowest BCUT2D eigenvalue weighted by molar-refractivity contribution is 0.00160. The van der Waals surface area contributed by atoms with Crippen molar-refractivity contribution >= 4 is 0 Å². The van der Waals surface area contributed by atoms with Crippen LogP contribution in [0.2, 0.25) is 0 Å². The van der Waals surface area contributed by atoms with Crippen LogP contribution >= 0.6 is 0 Å². The molecule has 0 amide bonds. The van der Waals surface area contributed by atoms with Gasteiger partial charge in [-0.3, -0.25) is 0 Å². The van der Waals surface area contributed by atoms with Gasteiger partial charge < -0.3 is 15.3 Å². The SMILES string of the molecule is CC(C)C1CC2CC2C1.CC(C)C1CCC(C)(O)CC1.CC(C)C1CCC(F)C1.CC(C)C1CCC(O)C1.CC(C)C1CCC(O)CC1.CC(C)C1CCC1.CC(C)C1CCCC1.CC(C)C1CCCCC1.CC(C)c1ccccc1F. The van der Waals surface area contributed by atoms with E-state index in [1.165, 1.54) is 127 Å². The Kier molecular flexibility index (Phi) is 38.7. The second kappa shape index (κ2) is 41.2. The van der Waals surface area contributed by atoms with E-state index in [0.29, 0.717) is 11.8 Å². The number of fused-ring (bicyclic) bond motifs is 1. The quantitative estimate of drug-likeness (QED) is 0.231. The molecule has 10 rings (SSSR count). The largest absolute Gasteiger partial charge is 0.393 e. The summed E-state index contributed by atoms with van der Waals surface area (Å²) in [4.78, 5) is 0. The molecule has 0 heterocycles. The van der Waals surface area contributed by atoms with Gasteiger partial charge in [-0.1, -0.05) is 220 Å². The molecule has 6 unspecified atom stereocenters. The lowest BCUT2D eigenvalue weighted by atomic mass is 9.75. The summed E-state index contributed by atoms with van der Waals surface area (Å²) in [6.07, 6.45) is 37.1. The summed E-state index contributed by atoms with van der Waals surface area (Å²) in [5, 5.41) is 28.0. The van der Waals surface area contributed by atoms with Crippen LogP contribution in [0.5, 0.6) is 0 Å². The Morgan fingerprint density at radius 2 is 0.707 bits per heavy atom. The molecule has 0 spiro atoms. The first-order chi connectivity index (χ1) is 38.5. The average molecular weight is 1160 g/mol. The normalized spacial score (nSPS) is 30.6. The van der Waals surface area contributed by atoms with E-state index in [0.717, 1.165) is 146 Å². The van der Waals surface area contributed by atoms with Gasteiger partial charge in [-0.25, -0.2) is 8.78 Å². The van der Waals surface area contributed by atoms with Crippen molar-refractivity contribution in [1.82, 2.24) is 0 Å². The van der Waals surface area contributed by atoms with Gasteiger partial charge in [0.15, 0.2) is 0 Å². The van der Waals surface area contributed by atoms with Gasteiger partial charge in [0.05, 0.1) is 17.8 Å². The number of halogens is 2. The van der Waals surface area contributed by atoms with Gasteiger partial charge in [0.1, 0.15) is 12.0 Å². The molecular weight excluding hydrogens is 1010 g/mol. The van der Waals surface area contributed by atoms with E-state index in [1.807, 2.05) is 32.9 Å². The second-order valence-corrected chi connectivity index (χ2v) is 32.0. The Morgan fingerprint density at radius 3 is 0.988 bits per heavy atom. The highest BCUT2D eigenvalue weighted by molar-refractivity contribution is 5.20. The van der Waals surface area contributed by atoms with Gasteiger partial charge in [0.2, 0.25) is 0 Å². The number of benzene rings is 1. The van der Waals surface area contributed by atoms with Crippen molar-refractivity contribution in [2.24, 2.45) is 107 Å². The molecule has 0 radical (unpaired) electrons. The van der Waals surface area contributed by atoms with Crippen LogP contribution in [0, 0.1) is 112 Å². The van der Waals surface area contributed by atoms with Gasteiger partial charge in [0.25, 0.3) is 0 Å². The fourth-order valence-electron chi connectivity index (χ4n) is 14.6. The summed E-state index contributed by atoms with van der Waals surface area (Å²) in [6, 6.07) is 6.88. The first kappa shape index (κ1) is 77.1. The maximum atomic E-state index is 12.8. The minimum absolute atomic E-state index is 0.00926. The minimum Gasteiger partial charge on any atom is -0.393 e. The number of aliphatic hydroxyl groups excluding tert-OH is 2. The zero-order valence-electron chi connectivity index (χ0n) is 58.1. The molecule has 9 aliphatic rings. The summed E-state index contributed by atoms with van der Waals surface area (Å²) in [7, 11) is 0. The van der Waals surface area contributed by atoms with Crippen LogP contribution in [0.3, 0.4) is 0 Å². The molecule has 3 N–H and O–H groups in total. The third-order valence-electron chi connectivity index (χ3n) is 22.3. The Bertz CT molecular complexity index is 1600. The van der Waals surface area contributed by atoms with Crippen LogP contribution in [0.25, 0.3) is 0 Å². The monoisotopic (exact) mass is 1160 g/mol. The lowest BCUT2D eigenvalue weighted by Gasteiger charge is -2.34. The van der Waals surface area contributed by atoms with Gasteiger partial charge in [-0.05, 0) is 240 Å². The van der Waals surface area contributed by atoms with Gasteiger partial charge in [-0.2, -0.15) is 0 Å². The summed E-state index contributed by atoms with van der Waals surface area (Å²) in [5.74, 6) is 16.9. The van der Waals surface area contributed by atoms with Crippen molar-refractivity contribution in [3.63, 3.8) is 0 Å². The van der Waals surface area contributed by atoms with Crippen LogP contribution in [-0.4, -0.2) is 39.3 Å². The fraction of sp³-hybridized carbons (Fsp3) is 0.922. The maximum Gasteiger partial charge on any atom is 0.126 e. The number of rotatable bonds is 9. The van der Waals surface area contributed by atoms with Crippen molar-refractivity contribution in [1.29, 1.82) is 0 Å². The summed E-state index contributed by atoms with van der Waals surface area (Å²) >= 11 is 0. The van der Waals surface area contributed by atoms with Crippen LogP contribution in [0.1, 0.15) is 329 Å². The van der Waals surface area contributed by atoms with Gasteiger partial charge >= 0.3 is 0 Å². The standard InChI is InChI=1S/C10H20O.C9H11F.C9H18O.C9H16.C9H18.C8H15F.C8H16O.C8H16.C7H14/c1-8(2)9-4-6-10(3,11)7-5-9;1-7(2)8-5-3-4-6-9(8)10;1-7(2)8-3-5-9(10)6-4-8;1-6(2)7-3-8-5-9(8)4-7;1-8(2)9-6-4-3-5-7-9;2*1-6(2)7-3-4-8(9)5-7;1-7(2)8-5-3-4-6-8;1-6(2)7-4-3-5-7/h8-9,11H,4-7H2,1-3H3;3-7H,1-2H3;7-10H,3-6H2,1-2H3;6-9H,3-5H2,1-2H3;8-9H,3-7H2,1-2H3;6-8H,3-5H2,1-2H3;6-9H,3-5H2,1-2H3;7-8H,3-6H2,1-2H3;6-7H,3-5H2,1-2H3. The molecule has 9 aliphatic carbocycles. The third kappa shape index (κ3) is 32.8. The second-order valence-electron chi connectivity index (χ2n) is 32.0. The summed E-state index contributed by atoms with van der Waals surface area (Å²) in [5.41, 5.74) is 0.438. The lowest BCUT2D eigenvalue weighted by Crippen LogP contribution is -2.31. The number of alkyl halides is 1. The Labute approximate surface area is 511 Å². The highest BCUT2D eigenvalue weighted by Gasteiger charge is 2.46. The molecule has 3 nitrogen and oxygen atoms in total.